The molecule has 5 nitrogen and oxygen atoms in total. The van der Waals surface area contributed by atoms with Gasteiger partial charge in [-0.15, -0.1) is 0 Å². The van der Waals surface area contributed by atoms with Crippen LogP contribution in [0.5, 0.6) is 0 Å². The lowest BCUT2D eigenvalue weighted by Gasteiger charge is -2.48. The number of amides is 1. The Hall–Kier alpha value is -2.32. The van der Waals surface area contributed by atoms with Gasteiger partial charge in [-0.2, -0.15) is 5.26 Å². The van der Waals surface area contributed by atoms with Gasteiger partial charge < -0.3 is 14.6 Å². The van der Waals surface area contributed by atoms with Crippen LogP contribution in [0, 0.1) is 18.3 Å². The fraction of sp³-hybridized carbons (Fsp3) is 0.524. The molecule has 0 radical (unpaired) electrons. The van der Waals surface area contributed by atoms with E-state index in [2.05, 4.69) is 24.0 Å². The molecular weight excluding hydrogens is 326 g/mol. The van der Waals surface area contributed by atoms with Gasteiger partial charge in [0.1, 0.15) is 11.6 Å². The number of carbonyl (C=O) groups excluding carboxylic acids is 1. The number of nitrogens with zero attached hydrogens (tertiary/aromatic N) is 2. The minimum absolute atomic E-state index is 0.0206. The second-order valence-corrected chi connectivity index (χ2v) is 7.58. The van der Waals surface area contributed by atoms with E-state index < -0.39 is 11.6 Å². The van der Waals surface area contributed by atoms with Crippen LogP contribution < -0.4 is 0 Å². The average Bonchev–Trinajstić information content (AvgIpc) is 3.06. The van der Waals surface area contributed by atoms with Gasteiger partial charge in [-0.05, 0) is 50.2 Å². The van der Waals surface area contributed by atoms with Gasteiger partial charge in [-0.25, -0.2) is 0 Å². The van der Waals surface area contributed by atoms with Crippen molar-refractivity contribution in [1.29, 1.82) is 5.26 Å². The Morgan fingerprint density at radius 3 is 3.00 bits per heavy atom. The monoisotopic (exact) mass is 351 g/mol. The highest BCUT2D eigenvalue weighted by Gasteiger charge is 2.48. The standard InChI is InChI=1S/C21H25N3O2/c1-15-6-4-7-17-16(14-23-20(15)17)12-19(25)24-10-5-9-21(18(24)13-22)8-2-3-11-26-21/h4,6-7,14,18,23H,2-3,5,8-12H2,1H3/t18-,21-/m0/s1. The zero-order valence-electron chi connectivity index (χ0n) is 15.3. The zero-order valence-corrected chi connectivity index (χ0v) is 15.3. The first-order valence-electron chi connectivity index (χ1n) is 9.53. The van der Waals surface area contributed by atoms with Gasteiger partial charge in [0.15, 0.2) is 0 Å². The number of benzene rings is 1. The molecule has 2 aliphatic rings. The van der Waals surface area contributed by atoms with E-state index in [1.165, 1.54) is 5.56 Å². The van der Waals surface area contributed by atoms with Crippen molar-refractivity contribution in [2.45, 2.75) is 57.1 Å². The Bertz CT molecular complexity index is 852. The molecule has 0 saturated carbocycles. The molecule has 4 rings (SSSR count). The number of aryl methyl sites for hydroxylation is 1. The summed E-state index contributed by atoms with van der Waals surface area (Å²) >= 11 is 0. The summed E-state index contributed by atoms with van der Waals surface area (Å²) in [6.07, 6.45) is 7.01. The average molecular weight is 351 g/mol. The van der Waals surface area contributed by atoms with Crippen LogP contribution in [0.3, 0.4) is 0 Å². The largest absolute Gasteiger partial charge is 0.372 e. The Morgan fingerprint density at radius 2 is 2.23 bits per heavy atom. The molecule has 26 heavy (non-hydrogen) atoms. The number of nitriles is 1. The molecule has 0 bridgehead atoms. The van der Waals surface area contributed by atoms with Crippen LogP contribution in [0.2, 0.25) is 0 Å². The van der Waals surface area contributed by atoms with Crippen LogP contribution in [0.25, 0.3) is 10.9 Å². The summed E-state index contributed by atoms with van der Waals surface area (Å²) in [5, 5.41) is 10.9. The van der Waals surface area contributed by atoms with Crippen LogP contribution >= 0.6 is 0 Å². The number of nitrogens with one attached hydrogen (secondary N) is 1. The van der Waals surface area contributed by atoms with E-state index in [1.54, 1.807) is 4.90 Å². The number of carbonyl (C=O) groups is 1. The molecule has 1 N–H and O–H groups in total. The summed E-state index contributed by atoms with van der Waals surface area (Å²) in [5.41, 5.74) is 2.79. The fourth-order valence-electron chi connectivity index (χ4n) is 4.62. The zero-order chi connectivity index (χ0) is 18.1. The number of hydrogen-bond acceptors (Lipinski definition) is 3. The van der Waals surface area contributed by atoms with Crippen LogP contribution in [0.1, 0.15) is 43.2 Å². The molecule has 2 aliphatic heterocycles. The van der Waals surface area contributed by atoms with Gasteiger partial charge in [0.25, 0.3) is 0 Å². The van der Waals surface area contributed by atoms with Crippen LogP contribution in [-0.4, -0.2) is 40.6 Å². The van der Waals surface area contributed by atoms with E-state index in [0.29, 0.717) is 19.6 Å². The number of aromatic nitrogens is 1. The van der Waals surface area contributed by atoms with Gasteiger partial charge in [-0.3, -0.25) is 4.79 Å². The highest BCUT2D eigenvalue weighted by molar-refractivity contribution is 5.90. The first-order chi connectivity index (χ1) is 12.6. The first-order valence-corrected chi connectivity index (χ1v) is 9.53. The van der Waals surface area contributed by atoms with Crippen molar-refractivity contribution < 1.29 is 9.53 Å². The lowest BCUT2D eigenvalue weighted by Crippen LogP contribution is -2.60. The lowest BCUT2D eigenvalue weighted by atomic mass is 9.79. The van der Waals surface area contributed by atoms with E-state index >= 15 is 0 Å². The summed E-state index contributed by atoms with van der Waals surface area (Å²) < 4.78 is 6.09. The molecule has 2 saturated heterocycles. The van der Waals surface area contributed by atoms with Gasteiger partial charge in [0.05, 0.1) is 12.5 Å². The number of para-hydroxylation sites is 1. The Labute approximate surface area is 153 Å². The third-order valence-electron chi connectivity index (χ3n) is 5.99. The summed E-state index contributed by atoms with van der Waals surface area (Å²) in [7, 11) is 0. The second kappa shape index (κ2) is 6.77. The number of piperidine rings is 1. The van der Waals surface area contributed by atoms with Crippen molar-refractivity contribution >= 4 is 16.8 Å². The smallest absolute Gasteiger partial charge is 0.228 e. The quantitative estimate of drug-likeness (QED) is 0.901. The maximum absolute atomic E-state index is 13.1. The second-order valence-electron chi connectivity index (χ2n) is 7.58. The third-order valence-corrected chi connectivity index (χ3v) is 5.99. The predicted octanol–water partition coefficient (Wildman–Crippen LogP) is 3.47. The van der Waals surface area contributed by atoms with Crippen molar-refractivity contribution in [1.82, 2.24) is 9.88 Å². The summed E-state index contributed by atoms with van der Waals surface area (Å²) in [6, 6.07) is 8.04. The van der Waals surface area contributed by atoms with E-state index in [-0.39, 0.29) is 5.91 Å². The first kappa shape index (κ1) is 17.1. The number of ether oxygens (including phenoxy) is 1. The minimum Gasteiger partial charge on any atom is -0.372 e. The molecule has 5 heteroatoms. The molecule has 2 atom stereocenters. The number of aromatic amines is 1. The van der Waals surface area contributed by atoms with Gasteiger partial charge in [0.2, 0.25) is 5.91 Å². The molecule has 1 aromatic carbocycles. The number of rotatable bonds is 2. The molecule has 2 aromatic rings. The van der Waals surface area contributed by atoms with Gasteiger partial charge in [-0.1, -0.05) is 18.2 Å². The Balaban J connectivity index is 1.58. The number of fused-ring (bicyclic) bond motifs is 1. The third kappa shape index (κ3) is 2.79. The summed E-state index contributed by atoms with van der Waals surface area (Å²) in [5.74, 6) is 0.0206. The van der Waals surface area contributed by atoms with Crippen LogP contribution in [-0.2, 0) is 16.0 Å². The highest BCUT2D eigenvalue weighted by atomic mass is 16.5. The molecule has 1 amide bonds. The Morgan fingerprint density at radius 1 is 1.38 bits per heavy atom. The van der Waals surface area contributed by atoms with Crippen molar-refractivity contribution in [3.05, 3.63) is 35.5 Å². The van der Waals surface area contributed by atoms with Gasteiger partial charge >= 0.3 is 0 Å². The van der Waals surface area contributed by atoms with Crippen LogP contribution in [0.15, 0.2) is 24.4 Å². The molecule has 136 valence electrons. The molecular formula is C21H25N3O2. The molecule has 0 aliphatic carbocycles. The minimum atomic E-state index is -0.476. The van der Waals surface area contributed by atoms with E-state index in [9.17, 15) is 10.1 Å². The maximum Gasteiger partial charge on any atom is 0.228 e. The number of likely N-dealkylation sites (tertiary alicyclic amines) is 1. The lowest BCUT2D eigenvalue weighted by molar-refractivity contribution is -0.158. The Kier molecular flexibility index (Phi) is 4.46. The molecule has 1 spiro atoms. The van der Waals surface area contributed by atoms with Crippen molar-refractivity contribution in [2.75, 3.05) is 13.2 Å². The van der Waals surface area contributed by atoms with Gasteiger partial charge in [0, 0.05) is 30.3 Å². The van der Waals surface area contributed by atoms with Crippen molar-refractivity contribution in [3.8, 4) is 6.07 Å². The normalized spacial score (nSPS) is 26.2. The maximum atomic E-state index is 13.1. The number of hydrogen-bond donors (Lipinski definition) is 1. The van der Waals surface area contributed by atoms with E-state index in [4.69, 9.17) is 4.74 Å². The summed E-state index contributed by atoms with van der Waals surface area (Å²) in [6.45, 7) is 3.40. The summed E-state index contributed by atoms with van der Waals surface area (Å²) in [4.78, 5) is 18.1. The highest BCUT2D eigenvalue weighted by Crippen LogP contribution is 2.38. The molecule has 0 unspecified atom stereocenters. The van der Waals surface area contributed by atoms with Crippen molar-refractivity contribution in [3.63, 3.8) is 0 Å². The van der Waals surface area contributed by atoms with E-state index in [1.807, 2.05) is 18.3 Å². The predicted molar refractivity (Wildman–Crippen MR) is 99.6 cm³/mol. The van der Waals surface area contributed by atoms with Crippen molar-refractivity contribution in [2.24, 2.45) is 0 Å². The topological polar surface area (TPSA) is 69.1 Å². The molecule has 1 aromatic heterocycles. The molecule has 3 heterocycles. The van der Waals surface area contributed by atoms with E-state index in [0.717, 1.165) is 48.6 Å². The SMILES string of the molecule is Cc1cccc2c(CC(=O)N3CCC[C@@]4(CCCCO4)[C@@H]3C#N)c[nH]c12. The van der Waals surface area contributed by atoms with Crippen LogP contribution in [0.4, 0.5) is 0 Å². The fourth-order valence-corrected chi connectivity index (χ4v) is 4.62. The number of H-pyrrole nitrogens is 1. The molecule has 2 fully saturated rings.